The van der Waals surface area contributed by atoms with Crippen molar-refractivity contribution in [3.8, 4) is 0 Å². The number of hydrogen-bond acceptors (Lipinski definition) is 1. The summed E-state index contributed by atoms with van der Waals surface area (Å²) in [5.74, 6) is -0.286. The van der Waals surface area contributed by atoms with Gasteiger partial charge < -0.3 is 5.32 Å². The molecule has 0 saturated carbocycles. The zero-order chi connectivity index (χ0) is 15.3. The van der Waals surface area contributed by atoms with E-state index in [-0.39, 0.29) is 11.9 Å². The number of alkyl halides is 3. The first-order chi connectivity index (χ1) is 9.19. The Morgan fingerprint density at radius 3 is 2.55 bits per heavy atom. The van der Waals surface area contributed by atoms with E-state index >= 15 is 0 Å². The second kappa shape index (κ2) is 6.59. The van der Waals surface area contributed by atoms with Gasteiger partial charge in [0.25, 0.3) is 5.91 Å². The topological polar surface area (TPSA) is 29.1 Å². The molecule has 1 amide bonds. The van der Waals surface area contributed by atoms with E-state index in [0.29, 0.717) is 11.1 Å². The Morgan fingerprint density at radius 2 is 2.00 bits per heavy atom. The van der Waals surface area contributed by atoms with Crippen molar-refractivity contribution < 1.29 is 18.0 Å². The minimum absolute atomic E-state index is 0.0317. The minimum Gasteiger partial charge on any atom is -0.350 e. The molecule has 0 radical (unpaired) electrons. The highest BCUT2D eigenvalue weighted by Crippen LogP contribution is 2.21. The molecule has 0 saturated heterocycles. The maximum atomic E-state index is 12.1. The Morgan fingerprint density at radius 1 is 1.35 bits per heavy atom. The van der Waals surface area contributed by atoms with Crippen LogP contribution in [-0.2, 0) is 0 Å². The van der Waals surface area contributed by atoms with Gasteiger partial charge in [-0.05, 0) is 32.4 Å². The van der Waals surface area contributed by atoms with Crippen LogP contribution in [0.25, 0.3) is 6.08 Å². The molecule has 0 atom stereocenters. The summed E-state index contributed by atoms with van der Waals surface area (Å²) in [5.41, 5.74) is 1.76. The van der Waals surface area contributed by atoms with Gasteiger partial charge in [-0.1, -0.05) is 29.8 Å². The summed E-state index contributed by atoms with van der Waals surface area (Å²) >= 11 is 0. The molecule has 5 heteroatoms. The highest BCUT2D eigenvalue weighted by atomic mass is 19.4. The van der Waals surface area contributed by atoms with Crippen molar-refractivity contribution >= 4 is 12.0 Å². The number of benzene rings is 1. The van der Waals surface area contributed by atoms with E-state index in [1.165, 1.54) is 6.08 Å². The van der Waals surface area contributed by atoms with Gasteiger partial charge in [0.2, 0.25) is 0 Å². The van der Waals surface area contributed by atoms with E-state index in [9.17, 15) is 18.0 Å². The molecule has 0 bridgehead atoms. The van der Waals surface area contributed by atoms with Crippen molar-refractivity contribution in [2.24, 2.45) is 0 Å². The SMILES string of the molecule is Cc1ccc(C(=O)NC(C)C)c(/C=C/CC(F)(F)F)c1. The molecular formula is C15H18F3NO. The monoisotopic (exact) mass is 285 g/mol. The van der Waals surface area contributed by atoms with Crippen LogP contribution in [0.4, 0.5) is 13.2 Å². The highest BCUT2D eigenvalue weighted by Gasteiger charge is 2.24. The smallest absolute Gasteiger partial charge is 0.350 e. The summed E-state index contributed by atoms with van der Waals surface area (Å²) in [6.45, 7) is 5.47. The molecule has 110 valence electrons. The van der Waals surface area contributed by atoms with Gasteiger partial charge in [-0.25, -0.2) is 0 Å². The van der Waals surface area contributed by atoms with Gasteiger partial charge in [0.1, 0.15) is 0 Å². The van der Waals surface area contributed by atoms with Gasteiger partial charge in [0.15, 0.2) is 0 Å². The van der Waals surface area contributed by atoms with Crippen LogP contribution in [0.1, 0.15) is 41.8 Å². The molecule has 2 nitrogen and oxygen atoms in total. The van der Waals surface area contributed by atoms with Gasteiger partial charge >= 0.3 is 6.18 Å². The number of carbonyl (C=O) groups excluding carboxylic acids is 1. The predicted octanol–water partition coefficient (Wildman–Crippen LogP) is 4.10. The molecule has 0 aliphatic rings. The summed E-state index contributed by atoms with van der Waals surface area (Å²) in [7, 11) is 0. The highest BCUT2D eigenvalue weighted by molar-refractivity contribution is 5.98. The lowest BCUT2D eigenvalue weighted by Crippen LogP contribution is -2.30. The summed E-state index contributed by atoms with van der Waals surface area (Å²) < 4.78 is 36.4. The zero-order valence-corrected chi connectivity index (χ0v) is 11.7. The van der Waals surface area contributed by atoms with E-state index < -0.39 is 12.6 Å². The van der Waals surface area contributed by atoms with Crippen molar-refractivity contribution in [1.29, 1.82) is 0 Å². The number of aryl methyl sites for hydroxylation is 1. The van der Waals surface area contributed by atoms with E-state index in [2.05, 4.69) is 5.32 Å². The number of allylic oxidation sites excluding steroid dienone is 1. The standard InChI is InChI=1S/C15H18F3NO/c1-10(2)19-14(20)13-7-6-11(3)9-12(13)5-4-8-15(16,17)18/h4-7,9-10H,8H2,1-3H3,(H,19,20)/b5-4+. The Hall–Kier alpha value is -1.78. The average Bonchev–Trinajstić information content (AvgIpc) is 2.26. The van der Waals surface area contributed by atoms with E-state index in [1.54, 1.807) is 18.2 Å². The fraction of sp³-hybridized carbons (Fsp3) is 0.400. The number of nitrogens with one attached hydrogen (secondary N) is 1. The lowest BCUT2D eigenvalue weighted by Gasteiger charge is -2.11. The third kappa shape index (κ3) is 5.47. The Kier molecular flexibility index (Phi) is 5.36. The molecule has 1 aromatic carbocycles. The van der Waals surface area contributed by atoms with Crippen molar-refractivity contribution in [2.45, 2.75) is 39.4 Å². The fourth-order valence-corrected chi connectivity index (χ4v) is 1.69. The fourth-order valence-electron chi connectivity index (χ4n) is 1.69. The van der Waals surface area contributed by atoms with Crippen LogP contribution in [0, 0.1) is 6.92 Å². The molecule has 0 aromatic heterocycles. The Bertz CT molecular complexity index is 504. The Labute approximate surface area is 116 Å². The van der Waals surface area contributed by atoms with Crippen LogP contribution in [0.15, 0.2) is 24.3 Å². The van der Waals surface area contributed by atoms with Gasteiger partial charge in [0.05, 0.1) is 6.42 Å². The first-order valence-corrected chi connectivity index (χ1v) is 6.34. The van der Waals surface area contributed by atoms with Crippen LogP contribution in [0.2, 0.25) is 0 Å². The quantitative estimate of drug-likeness (QED) is 0.886. The van der Waals surface area contributed by atoms with Crippen molar-refractivity contribution in [3.63, 3.8) is 0 Å². The summed E-state index contributed by atoms with van der Waals surface area (Å²) in [5, 5.41) is 2.73. The van der Waals surface area contributed by atoms with Crippen LogP contribution < -0.4 is 5.32 Å². The van der Waals surface area contributed by atoms with Crippen molar-refractivity contribution in [3.05, 3.63) is 41.0 Å². The van der Waals surface area contributed by atoms with E-state index in [4.69, 9.17) is 0 Å². The van der Waals surface area contributed by atoms with Crippen LogP contribution >= 0.6 is 0 Å². The summed E-state index contributed by atoms with van der Waals surface area (Å²) in [6.07, 6.45) is -2.87. The summed E-state index contributed by atoms with van der Waals surface area (Å²) in [6, 6.07) is 5.05. The number of carbonyl (C=O) groups is 1. The van der Waals surface area contributed by atoms with Gasteiger partial charge in [-0.3, -0.25) is 4.79 Å². The predicted molar refractivity (Wildman–Crippen MR) is 73.5 cm³/mol. The molecule has 1 rings (SSSR count). The summed E-state index contributed by atoms with van der Waals surface area (Å²) in [4.78, 5) is 12.0. The maximum absolute atomic E-state index is 12.1. The third-order valence-corrected chi connectivity index (χ3v) is 2.52. The van der Waals surface area contributed by atoms with Crippen LogP contribution in [0.3, 0.4) is 0 Å². The van der Waals surface area contributed by atoms with Gasteiger partial charge in [-0.2, -0.15) is 13.2 Å². The van der Waals surface area contributed by atoms with E-state index in [1.807, 2.05) is 20.8 Å². The molecule has 0 aliphatic carbocycles. The lowest BCUT2D eigenvalue weighted by molar-refractivity contribution is -0.124. The van der Waals surface area contributed by atoms with Crippen molar-refractivity contribution in [1.82, 2.24) is 5.32 Å². The molecule has 0 spiro atoms. The third-order valence-electron chi connectivity index (χ3n) is 2.52. The molecule has 0 heterocycles. The molecule has 0 aliphatic heterocycles. The van der Waals surface area contributed by atoms with Gasteiger partial charge in [0, 0.05) is 11.6 Å². The van der Waals surface area contributed by atoms with E-state index in [0.717, 1.165) is 11.6 Å². The number of halogens is 3. The number of amides is 1. The Balaban J connectivity index is 2.99. The normalized spacial score (nSPS) is 12.2. The molecule has 20 heavy (non-hydrogen) atoms. The second-order valence-corrected chi connectivity index (χ2v) is 4.94. The molecule has 1 N–H and O–H groups in total. The minimum atomic E-state index is -4.24. The van der Waals surface area contributed by atoms with Gasteiger partial charge in [-0.15, -0.1) is 0 Å². The molecule has 1 aromatic rings. The molecular weight excluding hydrogens is 267 g/mol. The first-order valence-electron chi connectivity index (χ1n) is 6.34. The van der Waals surface area contributed by atoms with Crippen LogP contribution in [-0.4, -0.2) is 18.1 Å². The zero-order valence-electron chi connectivity index (χ0n) is 11.7. The number of hydrogen-bond donors (Lipinski definition) is 1. The number of rotatable bonds is 4. The average molecular weight is 285 g/mol. The first kappa shape index (κ1) is 16.3. The second-order valence-electron chi connectivity index (χ2n) is 4.94. The lowest BCUT2D eigenvalue weighted by atomic mass is 10.0. The van der Waals surface area contributed by atoms with Crippen LogP contribution in [0.5, 0.6) is 0 Å². The van der Waals surface area contributed by atoms with Crippen molar-refractivity contribution in [2.75, 3.05) is 0 Å². The largest absolute Gasteiger partial charge is 0.392 e. The maximum Gasteiger partial charge on any atom is 0.392 e. The molecule has 0 fully saturated rings. The molecule has 0 unspecified atom stereocenters.